The molecule has 0 aliphatic heterocycles. The maximum atomic E-state index is 12.4. The second kappa shape index (κ2) is 9.61. The van der Waals surface area contributed by atoms with Crippen molar-refractivity contribution in [3.05, 3.63) is 0 Å². The second-order valence-electron chi connectivity index (χ2n) is 12.2. The van der Waals surface area contributed by atoms with Gasteiger partial charge in [0.25, 0.3) is 0 Å². The number of hydrogen-bond acceptors (Lipinski definition) is 5. The molecule has 0 aromatic rings. The molecule has 4 aliphatic carbocycles. The molecule has 4 rings (SSSR count). The fourth-order valence-corrected chi connectivity index (χ4v) is 8.84. The molecule has 0 heterocycles. The van der Waals surface area contributed by atoms with Gasteiger partial charge in [0.15, 0.2) is 0 Å². The van der Waals surface area contributed by atoms with E-state index in [1.54, 1.807) is 0 Å². The Hall–Kier alpha value is -1.34. The summed E-state index contributed by atoms with van der Waals surface area (Å²) in [4.78, 5) is 26.7. The number of aliphatic carboxylic acids is 1. The van der Waals surface area contributed by atoms with E-state index in [0.717, 1.165) is 71.0 Å². The van der Waals surface area contributed by atoms with E-state index in [1.807, 2.05) is 0 Å². The first-order chi connectivity index (χ1) is 16.1. The van der Waals surface area contributed by atoms with Crippen molar-refractivity contribution in [3.8, 4) is 0 Å². The third-order valence-corrected chi connectivity index (χ3v) is 11.1. The van der Waals surface area contributed by atoms with Crippen LogP contribution in [0.4, 0.5) is 4.79 Å². The number of carbonyl (C=O) groups is 2. The highest BCUT2D eigenvalue weighted by molar-refractivity contribution is 5.72. The quantitative estimate of drug-likeness (QED) is 0.506. The Kier molecular flexibility index (Phi) is 7.27. The molecule has 4 aliphatic rings. The summed E-state index contributed by atoms with van der Waals surface area (Å²) in [5.74, 6) is 0.508. The number of likely N-dealkylation sites (N-methyl/N-ethyl adjacent to an activating group) is 1. The van der Waals surface area contributed by atoms with Gasteiger partial charge in [0, 0.05) is 18.6 Å². The molecule has 7 nitrogen and oxygen atoms in total. The highest BCUT2D eigenvalue weighted by Crippen LogP contribution is 2.68. The lowest BCUT2D eigenvalue weighted by atomic mass is 9.42. The van der Waals surface area contributed by atoms with Crippen molar-refractivity contribution in [1.82, 2.24) is 10.2 Å². The maximum Gasteiger partial charge on any atom is 0.407 e. The van der Waals surface area contributed by atoms with E-state index in [0.29, 0.717) is 30.7 Å². The standard InChI is InChI=1S/C27H47N3O4/c1-5-30(6-2)16-15-29-24(33)34-19-9-12-25(3)18(17-19)7-8-21-20(25)10-13-26(4)22(23(31)32)11-14-27(21,26)28/h18-22H,5-17,28H2,1-4H3,(H,29,33)(H,31,32)/t18?,19?,20-,21-,22?,25+,26-,27-/m1/s1. The zero-order valence-electron chi connectivity index (χ0n) is 21.8. The first-order valence-electron chi connectivity index (χ1n) is 13.8. The molecule has 7 heteroatoms. The number of carboxylic acids is 1. The van der Waals surface area contributed by atoms with Crippen molar-refractivity contribution in [1.29, 1.82) is 0 Å². The SMILES string of the molecule is CCN(CC)CCNC(=O)OC1CC[C@@]2(C)C(CC[C@@H]3[C@H]2CC[C@]2(C)C(C(=O)O)CC[C@@]32N)C1. The number of nitrogens with zero attached hydrogens (tertiary/aromatic N) is 1. The number of fused-ring (bicyclic) bond motifs is 5. The fraction of sp³-hybridized carbons (Fsp3) is 0.926. The van der Waals surface area contributed by atoms with Gasteiger partial charge in [0.05, 0.1) is 5.92 Å². The van der Waals surface area contributed by atoms with Crippen molar-refractivity contribution >= 4 is 12.1 Å². The lowest BCUT2D eigenvalue weighted by molar-refractivity contribution is -0.157. The van der Waals surface area contributed by atoms with Gasteiger partial charge in [-0.1, -0.05) is 27.7 Å². The first-order valence-corrected chi connectivity index (χ1v) is 13.8. The predicted molar refractivity (Wildman–Crippen MR) is 132 cm³/mol. The molecule has 0 spiro atoms. The number of rotatable bonds is 7. The zero-order valence-corrected chi connectivity index (χ0v) is 21.8. The van der Waals surface area contributed by atoms with Crippen LogP contribution in [0.5, 0.6) is 0 Å². The third kappa shape index (κ3) is 4.15. The van der Waals surface area contributed by atoms with Gasteiger partial charge in [-0.05, 0) is 99.5 Å². The molecule has 4 saturated carbocycles. The van der Waals surface area contributed by atoms with Crippen LogP contribution in [-0.2, 0) is 9.53 Å². The van der Waals surface area contributed by atoms with Crippen molar-refractivity contribution < 1.29 is 19.4 Å². The summed E-state index contributed by atoms with van der Waals surface area (Å²) in [6.07, 6.45) is 8.34. The first kappa shape index (κ1) is 25.7. The summed E-state index contributed by atoms with van der Waals surface area (Å²) in [5.41, 5.74) is 6.74. The minimum absolute atomic E-state index is 0.00774. The normalized spacial score (nSPS) is 43.5. The zero-order chi connectivity index (χ0) is 24.7. The number of carbonyl (C=O) groups excluding carboxylic acids is 1. The van der Waals surface area contributed by atoms with Crippen molar-refractivity contribution in [3.63, 3.8) is 0 Å². The van der Waals surface area contributed by atoms with E-state index >= 15 is 0 Å². The largest absolute Gasteiger partial charge is 0.481 e. The van der Waals surface area contributed by atoms with Gasteiger partial charge in [-0.2, -0.15) is 0 Å². The van der Waals surface area contributed by atoms with E-state index in [4.69, 9.17) is 10.5 Å². The van der Waals surface area contributed by atoms with E-state index < -0.39 is 5.97 Å². The third-order valence-electron chi connectivity index (χ3n) is 11.1. The Balaban J connectivity index is 1.37. The van der Waals surface area contributed by atoms with Crippen molar-refractivity contribution in [2.45, 2.75) is 97.1 Å². The number of nitrogens with one attached hydrogen (secondary N) is 1. The minimum Gasteiger partial charge on any atom is -0.481 e. The number of hydrogen-bond donors (Lipinski definition) is 3. The van der Waals surface area contributed by atoms with Crippen LogP contribution in [0.1, 0.15) is 85.5 Å². The van der Waals surface area contributed by atoms with Gasteiger partial charge in [0.1, 0.15) is 6.10 Å². The van der Waals surface area contributed by atoms with Crippen LogP contribution in [0, 0.1) is 34.5 Å². The van der Waals surface area contributed by atoms with E-state index in [-0.39, 0.29) is 34.5 Å². The van der Waals surface area contributed by atoms with Crippen LogP contribution in [0.15, 0.2) is 0 Å². The molecule has 0 bridgehead atoms. The second-order valence-corrected chi connectivity index (χ2v) is 12.2. The van der Waals surface area contributed by atoms with Gasteiger partial charge in [0.2, 0.25) is 0 Å². The summed E-state index contributed by atoms with van der Waals surface area (Å²) in [6.45, 7) is 12.3. The summed E-state index contributed by atoms with van der Waals surface area (Å²) in [6, 6.07) is 0. The minimum atomic E-state index is -0.666. The Morgan fingerprint density at radius 3 is 2.44 bits per heavy atom. The molecule has 34 heavy (non-hydrogen) atoms. The lowest BCUT2D eigenvalue weighted by Crippen LogP contribution is -2.66. The van der Waals surface area contributed by atoms with Crippen LogP contribution < -0.4 is 11.1 Å². The fourth-order valence-electron chi connectivity index (χ4n) is 8.84. The number of nitrogens with two attached hydrogens (primary N) is 1. The van der Waals surface area contributed by atoms with Crippen LogP contribution in [0.2, 0.25) is 0 Å². The van der Waals surface area contributed by atoms with Crippen LogP contribution in [0.3, 0.4) is 0 Å². The molecule has 1 amide bonds. The number of alkyl carbamates (subject to hydrolysis) is 1. The molecule has 4 fully saturated rings. The summed E-state index contributed by atoms with van der Waals surface area (Å²) < 4.78 is 5.86. The average molecular weight is 478 g/mol. The average Bonchev–Trinajstić information content (AvgIpc) is 3.08. The molecule has 0 aromatic carbocycles. The molecule has 3 unspecified atom stereocenters. The topological polar surface area (TPSA) is 105 Å². The van der Waals surface area contributed by atoms with E-state index in [1.165, 1.54) is 0 Å². The van der Waals surface area contributed by atoms with E-state index in [2.05, 4.69) is 37.9 Å². The number of ether oxygens (including phenoxy) is 1. The van der Waals surface area contributed by atoms with Gasteiger partial charge >= 0.3 is 12.1 Å². The summed E-state index contributed by atoms with van der Waals surface area (Å²) in [7, 11) is 0. The smallest absolute Gasteiger partial charge is 0.407 e. The highest BCUT2D eigenvalue weighted by Gasteiger charge is 2.67. The van der Waals surface area contributed by atoms with Crippen LogP contribution >= 0.6 is 0 Å². The predicted octanol–water partition coefficient (Wildman–Crippen LogP) is 4.25. The van der Waals surface area contributed by atoms with Crippen LogP contribution in [0.25, 0.3) is 0 Å². The van der Waals surface area contributed by atoms with Gasteiger partial charge in [-0.3, -0.25) is 4.79 Å². The lowest BCUT2D eigenvalue weighted by Gasteiger charge is -2.64. The van der Waals surface area contributed by atoms with E-state index in [9.17, 15) is 14.7 Å². The summed E-state index contributed by atoms with van der Waals surface area (Å²) >= 11 is 0. The number of carboxylic acid groups (broad SMARTS) is 1. The molecule has 8 atom stereocenters. The van der Waals surface area contributed by atoms with Crippen LogP contribution in [-0.4, -0.2) is 59.9 Å². The van der Waals surface area contributed by atoms with Gasteiger partial charge < -0.3 is 25.8 Å². The Bertz CT molecular complexity index is 773. The molecule has 0 saturated heterocycles. The Morgan fingerprint density at radius 2 is 1.76 bits per heavy atom. The Labute approximate surface area is 205 Å². The highest BCUT2D eigenvalue weighted by atomic mass is 16.6. The summed E-state index contributed by atoms with van der Waals surface area (Å²) in [5, 5.41) is 12.8. The molecule has 0 aromatic heterocycles. The molecule has 194 valence electrons. The molecular formula is C27H47N3O4. The Morgan fingerprint density at radius 1 is 1.03 bits per heavy atom. The monoisotopic (exact) mass is 477 g/mol. The maximum absolute atomic E-state index is 12.4. The molecule has 0 radical (unpaired) electrons. The van der Waals surface area contributed by atoms with Gasteiger partial charge in [-0.15, -0.1) is 0 Å². The molecular weight excluding hydrogens is 430 g/mol. The molecule has 4 N–H and O–H groups in total. The van der Waals surface area contributed by atoms with Gasteiger partial charge in [-0.25, -0.2) is 4.79 Å². The van der Waals surface area contributed by atoms with Crippen molar-refractivity contribution in [2.75, 3.05) is 26.2 Å². The van der Waals surface area contributed by atoms with Crippen molar-refractivity contribution in [2.24, 2.45) is 40.2 Å². The number of amides is 1.